The summed E-state index contributed by atoms with van der Waals surface area (Å²) in [6, 6.07) is 21.8. The summed E-state index contributed by atoms with van der Waals surface area (Å²) < 4.78 is 0. The molecule has 0 aliphatic carbocycles. The summed E-state index contributed by atoms with van der Waals surface area (Å²) in [6.07, 6.45) is 2.48. The van der Waals surface area contributed by atoms with Gasteiger partial charge < -0.3 is 4.90 Å². The van der Waals surface area contributed by atoms with Gasteiger partial charge in [0.2, 0.25) is 0 Å². The van der Waals surface area contributed by atoms with E-state index in [1.54, 1.807) is 0 Å². The van der Waals surface area contributed by atoms with E-state index in [0.29, 0.717) is 5.57 Å². The first-order valence-electron chi connectivity index (χ1n) is 7.79. The number of hydrogen-bond donors (Lipinski definition) is 0. The van der Waals surface area contributed by atoms with Crippen LogP contribution in [0.2, 0.25) is 0 Å². The molecule has 1 fully saturated rings. The van der Waals surface area contributed by atoms with Crippen LogP contribution in [0.15, 0.2) is 60.2 Å². The third-order valence-electron chi connectivity index (χ3n) is 4.16. The fourth-order valence-electron chi connectivity index (χ4n) is 3.01. The van der Waals surface area contributed by atoms with E-state index in [4.69, 9.17) is 0 Å². The van der Waals surface area contributed by atoms with Gasteiger partial charge in [0.05, 0.1) is 0 Å². The van der Waals surface area contributed by atoms with Crippen LogP contribution in [0.4, 0.5) is 5.69 Å². The monoisotopic (exact) mass is 299 g/mol. The standard InChI is InChI=1S/C20H17N3/c21-14-18(15-22)20(16-6-2-1-3-7-16)17-8-10-19(11-9-17)23-12-4-5-13-23/h1-3,6-11H,4-5,12-13H2. The van der Waals surface area contributed by atoms with Crippen LogP contribution in [0.25, 0.3) is 5.57 Å². The molecular weight excluding hydrogens is 282 g/mol. The Labute approximate surface area is 136 Å². The van der Waals surface area contributed by atoms with Gasteiger partial charge in [0.25, 0.3) is 0 Å². The molecule has 1 aliphatic heterocycles. The quantitative estimate of drug-likeness (QED) is 0.800. The lowest BCUT2D eigenvalue weighted by Crippen LogP contribution is -2.17. The minimum atomic E-state index is 0.144. The summed E-state index contributed by atoms with van der Waals surface area (Å²) >= 11 is 0. The Morgan fingerprint density at radius 1 is 0.783 bits per heavy atom. The predicted molar refractivity (Wildman–Crippen MR) is 91.6 cm³/mol. The van der Waals surface area contributed by atoms with Crippen molar-refractivity contribution in [2.75, 3.05) is 18.0 Å². The van der Waals surface area contributed by atoms with E-state index in [0.717, 1.165) is 24.2 Å². The van der Waals surface area contributed by atoms with Crippen LogP contribution in [-0.4, -0.2) is 13.1 Å². The smallest absolute Gasteiger partial charge is 0.138 e. The summed E-state index contributed by atoms with van der Waals surface area (Å²) in [7, 11) is 0. The molecule has 1 heterocycles. The fourth-order valence-corrected chi connectivity index (χ4v) is 3.01. The van der Waals surface area contributed by atoms with E-state index >= 15 is 0 Å². The number of nitrogens with zero attached hydrogens (tertiary/aromatic N) is 3. The summed E-state index contributed by atoms with van der Waals surface area (Å²) in [5.41, 5.74) is 3.83. The molecule has 0 radical (unpaired) electrons. The van der Waals surface area contributed by atoms with E-state index < -0.39 is 0 Å². The van der Waals surface area contributed by atoms with Crippen molar-refractivity contribution in [1.29, 1.82) is 10.5 Å². The summed E-state index contributed by atoms with van der Waals surface area (Å²) in [6.45, 7) is 2.20. The predicted octanol–water partition coefficient (Wildman–Crippen LogP) is 4.14. The molecule has 3 nitrogen and oxygen atoms in total. The number of rotatable bonds is 3. The Bertz CT molecular complexity index is 768. The number of benzene rings is 2. The highest BCUT2D eigenvalue weighted by Crippen LogP contribution is 2.29. The largest absolute Gasteiger partial charge is 0.372 e. The molecule has 2 aromatic rings. The fraction of sp³-hybridized carbons (Fsp3) is 0.200. The maximum absolute atomic E-state index is 9.31. The zero-order valence-corrected chi connectivity index (χ0v) is 12.9. The molecule has 0 unspecified atom stereocenters. The van der Waals surface area contributed by atoms with Crippen molar-refractivity contribution < 1.29 is 0 Å². The Morgan fingerprint density at radius 2 is 1.35 bits per heavy atom. The van der Waals surface area contributed by atoms with Crippen molar-refractivity contribution in [2.45, 2.75) is 12.8 Å². The van der Waals surface area contributed by atoms with Crippen LogP contribution in [0.1, 0.15) is 24.0 Å². The van der Waals surface area contributed by atoms with Gasteiger partial charge in [-0.25, -0.2) is 0 Å². The number of anilines is 1. The van der Waals surface area contributed by atoms with Gasteiger partial charge in [-0.1, -0.05) is 42.5 Å². The van der Waals surface area contributed by atoms with Crippen molar-refractivity contribution in [3.8, 4) is 12.1 Å². The van der Waals surface area contributed by atoms with Crippen LogP contribution in [-0.2, 0) is 0 Å². The van der Waals surface area contributed by atoms with Gasteiger partial charge in [0.15, 0.2) is 0 Å². The molecule has 1 saturated heterocycles. The van der Waals surface area contributed by atoms with E-state index in [9.17, 15) is 10.5 Å². The average Bonchev–Trinajstić information content (AvgIpc) is 3.15. The Kier molecular flexibility index (Phi) is 4.41. The molecule has 0 aromatic heterocycles. The lowest BCUT2D eigenvalue weighted by Gasteiger charge is -2.18. The molecule has 0 saturated carbocycles. The second kappa shape index (κ2) is 6.81. The minimum absolute atomic E-state index is 0.144. The zero-order valence-electron chi connectivity index (χ0n) is 12.9. The molecule has 0 atom stereocenters. The zero-order chi connectivity index (χ0) is 16.1. The second-order valence-corrected chi connectivity index (χ2v) is 5.58. The molecule has 112 valence electrons. The molecule has 3 rings (SSSR count). The Morgan fingerprint density at radius 3 is 1.91 bits per heavy atom. The minimum Gasteiger partial charge on any atom is -0.372 e. The number of nitriles is 2. The molecule has 2 aromatic carbocycles. The first-order chi connectivity index (χ1) is 11.3. The third-order valence-corrected chi connectivity index (χ3v) is 4.16. The summed E-state index contributed by atoms with van der Waals surface area (Å²) in [4.78, 5) is 2.37. The molecule has 23 heavy (non-hydrogen) atoms. The molecule has 1 aliphatic rings. The van der Waals surface area contributed by atoms with Crippen molar-refractivity contribution in [3.05, 3.63) is 71.3 Å². The number of hydrogen-bond acceptors (Lipinski definition) is 3. The Hall–Kier alpha value is -3.04. The second-order valence-electron chi connectivity index (χ2n) is 5.58. The first kappa shape index (κ1) is 14.9. The van der Waals surface area contributed by atoms with Crippen molar-refractivity contribution >= 4 is 11.3 Å². The molecule has 0 spiro atoms. The highest BCUT2D eigenvalue weighted by Gasteiger charge is 2.15. The molecule has 0 amide bonds. The van der Waals surface area contributed by atoms with Crippen molar-refractivity contribution in [2.24, 2.45) is 0 Å². The third kappa shape index (κ3) is 3.10. The van der Waals surface area contributed by atoms with E-state index in [2.05, 4.69) is 17.0 Å². The molecule has 0 bridgehead atoms. The lowest BCUT2D eigenvalue weighted by atomic mass is 9.93. The van der Waals surface area contributed by atoms with E-state index in [1.165, 1.54) is 18.5 Å². The van der Waals surface area contributed by atoms with Crippen LogP contribution in [0.5, 0.6) is 0 Å². The summed E-state index contributed by atoms with van der Waals surface area (Å²) in [5, 5.41) is 18.6. The maximum atomic E-state index is 9.31. The Balaban J connectivity index is 2.03. The SMILES string of the molecule is N#CC(C#N)=C(c1ccccc1)c1ccc(N2CCCC2)cc1. The van der Waals surface area contributed by atoms with E-state index in [1.807, 2.05) is 54.6 Å². The lowest BCUT2D eigenvalue weighted by molar-refractivity contribution is 0.949. The molecule has 3 heteroatoms. The van der Waals surface area contributed by atoms with E-state index in [-0.39, 0.29) is 5.57 Å². The first-order valence-corrected chi connectivity index (χ1v) is 7.79. The number of allylic oxidation sites excluding steroid dienone is 1. The van der Waals surface area contributed by atoms with Gasteiger partial charge >= 0.3 is 0 Å². The van der Waals surface area contributed by atoms with Gasteiger partial charge in [-0.3, -0.25) is 0 Å². The van der Waals surface area contributed by atoms with Crippen LogP contribution in [0, 0.1) is 22.7 Å². The van der Waals surface area contributed by atoms with Crippen LogP contribution < -0.4 is 4.90 Å². The summed E-state index contributed by atoms with van der Waals surface area (Å²) in [5.74, 6) is 0. The van der Waals surface area contributed by atoms with Crippen molar-refractivity contribution in [3.63, 3.8) is 0 Å². The average molecular weight is 299 g/mol. The van der Waals surface area contributed by atoms with Gasteiger partial charge in [-0.2, -0.15) is 10.5 Å². The van der Waals surface area contributed by atoms with Crippen LogP contribution in [0.3, 0.4) is 0 Å². The van der Waals surface area contributed by atoms with Gasteiger partial charge in [-0.05, 0) is 36.1 Å². The highest BCUT2D eigenvalue weighted by molar-refractivity contribution is 5.86. The maximum Gasteiger partial charge on any atom is 0.138 e. The highest BCUT2D eigenvalue weighted by atomic mass is 15.1. The van der Waals surface area contributed by atoms with Gasteiger partial charge in [0.1, 0.15) is 17.7 Å². The topological polar surface area (TPSA) is 50.8 Å². The van der Waals surface area contributed by atoms with Crippen molar-refractivity contribution in [1.82, 2.24) is 0 Å². The van der Waals surface area contributed by atoms with Crippen LogP contribution >= 0.6 is 0 Å². The van der Waals surface area contributed by atoms with Gasteiger partial charge in [0, 0.05) is 24.4 Å². The van der Waals surface area contributed by atoms with Gasteiger partial charge in [-0.15, -0.1) is 0 Å². The molecule has 0 N–H and O–H groups in total. The molecular formula is C20H17N3. The normalized spacial score (nSPS) is 13.2.